The Bertz CT molecular complexity index is 123. The number of nitrogens with one attached hydrogen (secondary N) is 1. The van der Waals surface area contributed by atoms with Crippen molar-refractivity contribution in [1.82, 2.24) is 5.32 Å². The molecular formula is C8H17N2O+. The molecule has 0 rings (SSSR count). The van der Waals surface area contributed by atoms with Gasteiger partial charge < -0.3 is 11.1 Å². The first kappa shape index (κ1) is 10.2. The van der Waals surface area contributed by atoms with Crippen LogP contribution in [0.4, 0.5) is 0 Å². The maximum atomic E-state index is 10.6. The number of unbranched alkanes of at least 4 members (excludes halogenated alkanes) is 2. The molecule has 0 aromatic heterocycles. The second-order valence-electron chi connectivity index (χ2n) is 2.41. The van der Waals surface area contributed by atoms with Crippen molar-refractivity contribution in [2.24, 2.45) is 0 Å². The summed E-state index contributed by atoms with van der Waals surface area (Å²) in [6, 6.07) is 0. The van der Waals surface area contributed by atoms with E-state index in [2.05, 4.69) is 17.6 Å². The number of carbonyl (C=O) groups is 1. The first-order valence-corrected chi connectivity index (χ1v) is 4.00. The first-order valence-electron chi connectivity index (χ1n) is 4.00. The van der Waals surface area contributed by atoms with E-state index < -0.39 is 0 Å². The van der Waals surface area contributed by atoms with Gasteiger partial charge in [0.2, 0.25) is 5.91 Å². The minimum atomic E-state index is -0.0837. The molecule has 0 radical (unpaired) electrons. The Hall–Kier alpha value is -0.830. The summed E-state index contributed by atoms with van der Waals surface area (Å²) in [6.07, 6.45) is 4.61. The van der Waals surface area contributed by atoms with Gasteiger partial charge in [0.25, 0.3) is 0 Å². The highest BCUT2D eigenvalue weighted by Gasteiger charge is 1.92. The highest BCUT2D eigenvalue weighted by atomic mass is 16.1. The summed E-state index contributed by atoms with van der Waals surface area (Å²) in [4.78, 5) is 10.6. The summed E-state index contributed by atoms with van der Waals surface area (Å²) >= 11 is 0. The molecular weight excluding hydrogens is 140 g/mol. The largest absolute Gasteiger partial charge is 0.358 e. The molecule has 0 heterocycles. The van der Waals surface area contributed by atoms with Crippen LogP contribution in [0.15, 0.2) is 12.7 Å². The molecule has 0 aromatic carbocycles. The second kappa shape index (κ2) is 7.28. The third-order valence-electron chi connectivity index (χ3n) is 1.41. The topological polar surface area (TPSA) is 56.7 Å². The summed E-state index contributed by atoms with van der Waals surface area (Å²) in [5.74, 6) is -0.0837. The fourth-order valence-electron chi connectivity index (χ4n) is 0.762. The average Bonchev–Trinajstić information content (AvgIpc) is 2.04. The summed E-state index contributed by atoms with van der Waals surface area (Å²) in [5, 5.41) is 2.71. The van der Waals surface area contributed by atoms with Crippen molar-refractivity contribution >= 4 is 5.91 Å². The van der Waals surface area contributed by atoms with Gasteiger partial charge in [-0.2, -0.15) is 0 Å². The molecule has 0 spiro atoms. The van der Waals surface area contributed by atoms with Crippen molar-refractivity contribution in [2.75, 3.05) is 13.1 Å². The lowest BCUT2D eigenvalue weighted by molar-refractivity contribution is -0.368. The van der Waals surface area contributed by atoms with Crippen molar-refractivity contribution in [3.63, 3.8) is 0 Å². The minimum Gasteiger partial charge on any atom is -0.358 e. The van der Waals surface area contributed by atoms with Crippen molar-refractivity contribution in [1.29, 1.82) is 0 Å². The van der Waals surface area contributed by atoms with Gasteiger partial charge in [-0.3, -0.25) is 4.79 Å². The Labute approximate surface area is 67.7 Å². The SMILES string of the molecule is C=CC(=O)NCCCCC[NH3+]. The van der Waals surface area contributed by atoms with Gasteiger partial charge in [-0.25, -0.2) is 0 Å². The van der Waals surface area contributed by atoms with E-state index in [-0.39, 0.29) is 5.91 Å². The minimum absolute atomic E-state index is 0.0837. The molecule has 0 aliphatic carbocycles. The van der Waals surface area contributed by atoms with Crippen molar-refractivity contribution in [3.8, 4) is 0 Å². The maximum absolute atomic E-state index is 10.6. The summed E-state index contributed by atoms with van der Waals surface area (Å²) in [5.41, 5.74) is 3.73. The lowest BCUT2D eigenvalue weighted by atomic mass is 10.2. The van der Waals surface area contributed by atoms with Crippen molar-refractivity contribution in [2.45, 2.75) is 19.3 Å². The van der Waals surface area contributed by atoms with Crippen LogP contribution in [0.5, 0.6) is 0 Å². The van der Waals surface area contributed by atoms with Gasteiger partial charge in [0.05, 0.1) is 6.54 Å². The Kier molecular flexibility index (Phi) is 6.73. The van der Waals surface area contributed by atoms with Gasteiger partial charge in [0.15, 0.2) is 0 Å². The van der Waals surface area contributed by atoms with Crippen LogP contribution in [0.1, 0.15) is 19.3 Å². The van der Waals surface area contributed by atoms with E-state index in [1.165, 1.54) is 6.08 Å². The molecule has 64 valence electrons. The van der Waals surface area contributed by atoms with Crippen LogP contribution in [0.2, 0.25) is 0 Å². The third kappa shape index (κ3) is 7.06. The number of quaternary nitrogens is 1. The number of rotatable bonds is 6. The highest BCUT2D eigenvalue weighted by Crippen LogP contribution is 1.89. The van der Waals surface area contributed by atoms with E-state index >= 15 is 0 Å². The van der Waals surface area contributed by atoms with Crippen LogP contribution < -0.4 is 11.1 Å². The Morgan fingerprint density at radius 2 is 2.18 bits per heavy atom. The zero-order chi connectivity index (χ0) is 8.53. The summed E-state index contributed by atoms with van der Waals surface area (Å²) in [6.45, 7) is 5.09. The van der Waals surface area contributed by atoms with E-state index in [9.17, 15) is 4.79 Å². The molecule has 3 heteroatoms. The Morgan fingerprint density at radius 1 is 1.45 bits per heavy atom. The molecule has 11 heavy (non-hydrogen) atoms. The first-order chi connectivity index (χ1) is 5.31. The monoisotopic (exact) mass is 157 g/mol. The zero-order valence-electron chi connectivity index (χ0n) is 6.94. The summed E-state index contributed by atoms with van der Waals surface area (Å²) < 4.78 is 0. The van der Waals surface area contributed by atoms with E-state index in [0.29, 0.717) is 0 Å². The van der Waals surface area contributed by atoms with E-state index in [0.717, 1.165) is 32.4 Å². The number of hydrogen-bond acceptors (Lipinski definition) is 1. The molecule has 3 nitrogen and oxygen atoms in total. The van der Waals surface area contributed by atoms with Gasteiger partial charge in [-0.05, 0) is 25.3 Å². The Balaban J connectivity index is 3.01. The van der Waals surface area contributed by atoms with Gasteiger partial charge in [-0.15, -0.1) is 0 Å². The molecule has 0 aliphatic rings. The molecule has 0 aliphatic heterocycles. The predicted octanol–water partition coefficient (Wildman–Crippen LogP) is -0.299. The zero-order valence-corrected chi connectivity index (χ0v) is 6.94. The standard InChI is InChI=1S/C8H16N2O/c1-2-8(11)10-7-5-3-4-6-9/h2H,1,3-7,9H2,(H,10,11)/p+1. The molecule has 0 aromatic rings. The molecule has 0 unspecified atom stereocenters. The third-order valence-corrected chi connectivity index (χ3v) is 1.41. The van der Waals surface area contributed by atoms with Gasteiger partial charge in [0.1, 0.15) is 0 Å². The van der Waals surface area contributed by atoms with Crippen LogP contribution in [0.25, 0.3) is 0 Å². The van der Waals surface area contributed by atoms with Crippen LogP contribution >= 0.6 is 0 Å². The van der Waals surface area contributed by atoms with E-state index in [1.54, 1.807) is 0 Å². The van der Waals surface area contributed by atoms with Gasteiger partial charge >= 0.3 is 0 Å². The fraction of sp³-hybridized carbons (Fsp3) is 0.625. The smallest absolute Gasteiger partial charge is 0.243 e. The predicted molar refractivity (Wildman–Crippen MR) is 44.8 cm³/mol. The number of amides is 1. The molecule has 0 bridgehead atoms. The van der Waals surface area contributed by atoms with Crippen LogP contribution in [-0.4, -0.2) is 19.0 Å². The fourth-order valence-corrected chi connectivity index (χ4v) is 0.762. The molecule has 0 saturated carbocycles. The van der Waals surface area contributed by atoms with E-state index in [4.69, 9.17) is 0 Å². The Morgan fingerprint density at radius 3 is 2.73 bits per heavy atom. The molecule has 0 atom stereocenters. The number of carbonyl (C=O) groups excluding carboxylic acids is 1. The van der Waals surface area contributed by atoms with Gasteiger partial charge in [-0.1, -0.05) is 6.58 Å². The van der Waals surface area contributed by atoms with Crippen LogP contribution in [-0.2, 0) is 4.79 Å². The molecule has 1 amide bonds. The summed E-state index contributed by atoms with van der Waals surface area (Å²) in [7, 11) is 0. The maximum Gasteiger partial charge on any atom is 0.243 e. The second-order valence-corrected chi connectivity index (χ2v) is 2.41. The molecule has 0 saturated heterocycles. The van der Waals surface area contributed by atoms with Gasteiger partial charge in [0, 0.05) is 6.54 Å². The van der Waals surface area contributed by atoms with Crippen molar-refractivity contribution < 1.29 is 10.5 Å². The molecule has 0 fully saturated rings. The number of hydrogen-bond donors (Lipinski definition) is 2. The van der Waals surface area contributed by atoms with Crippen LogP contribution in [0, 0.1) is 0 Å². The lowest BCUT2D eigenvalue weighted by Crippen LogP contribution is -2.50. The average molecular weight is 157 g/mol. The normalized spacial score (nSPS) is 9.18. The quantitative estimate of drug-likeness (QED) is 0.403. The molecule has 4 N–H and O–H groups in total. The highest BCUT2D eigenvalue weighted by molar-refractivity contribution is 5.86. The van der Waals surface area contributed by atoms with Crippen molar-refractivity contribution in [3.05, 3.63) is 12.7 Å². The van der Waals surface area contributed by atoms with Crippen LogP contribution in [0.3, 0.4) is 0 Å². The lowest BCUT2D eigenvalue weighted by Gasteiger charge is -1.99. The van der Waals surface area contributed by atoms with E-state index in [1.807, 2.05) is 0 Å².